The standard InChI is InChI=1S/C15H20ClNO/c1-10-5-14(18-2)12(6-13(10)16)11-3-4-15(7-11)8-17-9-15/h5-6,11,17H,3-4,7-9H2,1-2H3. The molecule has 1 aromatic rings. The van der Waals surface area contributed by atoms with Gasteiger partial charge in [-0.15, -0.1) is 0 Å². The third-order valence-corrected chi connectivity index (χ3v) is 5.06. The van der Waals surface area contributed by atoms with Crippen molar-refractivity contribution < 1.29 is 4.74 Å². The van der Waals surface area contributed by atoms with Gasteiger partial charge in [0.25, 0.3) is 0 Å². The van der Waals surface area contributed by atoms with Crippen LogP contribution in [0.25, 0.3) is 0 Å². The van der Waals surface area contributed by atoms with Crippen molar-refractivity contribution in [2.24, 2.45) is 5.41 Å². The zero-order valence-corrected chi connectivity index (χ0v) is 11.8. The predicted molar refractivity (Wildman–Crippen MR) is 74.6 cm³/mol. The lowest BCUT2D eigenvalue weighted by molar-refractivity contribution is 0.175. The van der Waals surface area contributed by atoms with E-state index >= 15 is 0 Å². The molecule has 1 spiro atoms. The van der Waals surface area contributed by atoms with Crippen molar-refractivity contribution in [3.8, 4) is 5.75 Å². The topological polar surface area (TPSA) is 21.3 Å². The first-order chi connectivity index (χ1) is 8.63. The molecule has 1 aliphatic carbocycles. The Morgan fingerprint density at radius 1 is 1.39 bits per heavy atom. The molecule has 18 heavy (non-hydrogen) atoms. The normalized spacial score (nSPS) is 25.2. The van der Waals surface area contributed by atoms with Gasteiger partial charge in [-0.25, -0.2) is 0 Å². The molecule has 1 saturated carbocycles. The second-order valence-electron chi connectivity index (χ2n) is 5.89. The highest BCUT2D eigenvalue weighted by Gasteiger charge is 2.44. The lowest BCUT2D eigenvalue weighted by atomic mass is 9.79. The average molecular weight is 266 g/mol. The molecule has 0 radical (unpaired) electrons. The minimum atomic E-state index is 0.563. The van der Waals surface area contributed by atoms with Gasteiger partial charge in [-0.3, -0.25) is 0 Å². The monoisotopic (exact) mass is 265 g/mol. The minimum absolute atomic E-state index is 0.563. The van der Waals surface area contributed by atoms with Crippen LogP contribution >= 0.6 is 11.6 Å². The fourth-order valence-corrected chi connectivity index (χ4v) is 3.61. The van der Waals surface area contributed by atoms with Gasteiger partial charge in [0.15, 0.2) is 0 Å². The SMILES string of the molecule is COc1cc(C)c(Cl)cc1C1CCC2(CNC2)C1. The van der Waals surface area contributed by atoms with Crippen molar-refractivity contribution in [3.63, 3.8) is 0 Å². The Kier molecular flexibility index (Phi) is 3.03. The lowest BCUT2D eigenvalue weighted by Crippen LogP contribution is -2.51. The molecular formula is C15H20ClNO. The Hall–Kier alpha value is -0.730. The highest BCUT2D eigenvalue weighted by molar-refractivity contribution is 6.31. The van der Waals surface area contributed by atoms with Crippen LogP contribution in [0.1, 0.15) is 36.3 Å². The summed E-state index contributed by atoms with van der Waals surface area (Å²) in [5.74, 6) is 1.62. The summed E-state index contributed by atoms with van der Waals surface area (Å²) in [6.45, 7) is 4.40. The van der Waals surface area contributed by atoms with Crippen LogP contribution in [0, 0.1) is 12.3 Å². The molecule has 2 nitrogen and oxygen atoms in total. The fraction of sp³-hybridized carbons (Fsp3) is 0.600. The van der Waals surface area contributed by atoms with Gasteiger partial charge in [0, 0.05) is 18.1 Å². The van der Waals surface area contributed by atoms with Gasteiger partial charge < -0.3 is 10.1 Å². The van der Waals surface area contributed by atoms with E-state index in [0.717, 1.165) is 16.3 Å². The molecule has 1 aliphatic heterocycles. The van der Waals surface area contributed by atoms with Crippen LogP contribution < -0.4 is 10.1 Å². The quantitative estimate of drug-likeness (QED) is 0.884. The highest BCUT2D eigenvalue weighted by Crippen LogP contribution is 2.51. The molecule has 2 aliphatic rings. The molecule has 98 valence electrons. The Balaban J connectivity index is 1.90. The van der Waals surface area contributed by atoms with Crippen LogP contribution in [-0.2, 0) is 0 Å². The zero-order chi connectivity index (χ0) is 12.8. The van der Waals surface area contributed by atoms with E-state index in [1.54, 1.807) is 7.11 Å². The number of hydrogen-bond donors (Lipinski definition) is 1. The van der Waals surface area contributed by atoms with E-state index in [0.29, 0.717) is 11.3 Å². The Morgan fingerprint density at radius 3 is 2.72 bits per heavy atom. The number of rotatable bonds is 2. The van der Waals surface area contributed by atoms with E-state index in [2.05, 4.69) is 17.4 Å². The lowest BCUT2D eigenvalue weighted by Gasteiger charge is -2.39. The van der Waals surface area contributed by atoms with E-state index < -0.39 is 0 Å². The van der Waals surface area contributed by atoms with Gasteiger partial charge in [0.05, 0.1) is 7.11 Å². The first kappa shape index (κ1) is 12.3. The first-order valence-electron chi connectivity index (χ1n) is 6.68. The van der Waals surface area contributed by atoms with Gasteiger partial charge in [0.2, 0.25) is 0 Å². The van der Waals surface area contributed by atoms with E-state index in [-0.39, 0.29) is 0 Å². The summed E-state index contributed by atoms with van der Waals surface area (Å²) in [5.41, 5.74) is 2.96. The number of benzene rings is 1. The molecule has 2 fully saturated rings. The van der Waals surface area contributed by atoms with E-state index in [1.807, 2.05) is 6.92 Å². The van der Waals surface area contributed by atoms with Gasteiger partial charge in [-0.05, 0) is 60.8 Å². The third kappa shape index (κ3) is 1.92. The molecule has 1 heterocycles. The summed E-state index contributed by atoms with van der Waals surface area (Å²) in [4.78, 5) is 0. The Morgan fingerprint density at radius 2 is 2.17 bits per heavy atom. The average Bonchev–Trinajstić information content (AvgIpc) is 2.77. The molecule has 0 bridgehead atoms. The maximum absolute atomic E-state index is 6.27. The minimum Gasteiger partial charge on any atom is -0.496 e. The van der Waals surface area contributed by atoms with Crippen LogP contribution in [0.15, 0.2) is 12.1 Å². The van der Waals surface area contributed by atoms with Gasteiger partial charge in [-0.2, -0.15) is 0 Å². The summed E-state index contributed by atoms with van der Waals surface area (Å²) in [7, 11) is 1.75. The number of methoxy groups -OCH3 is 1. The largest absolute Gasteiger partial charge is 0.496 e. The Labute approximate surface area is 114 Å². The second kappa shape index (κ2) is 4.43. The van der Waals surface area contributed by atoms with Crippen LogP contribution in [-0.4, -0.2) is 20.2 Å². The first-order valence-corrected chi connectivity index (χ1v) is 7.06. The van der Waals surface area contributed by atoms with E-state index in [9.17, 15) is 0 Å². The molecule has 1 unspecified atom stereocenters. The summed E-state index contributed by atoms with van der Waals surface area (Å²) >= 11 is 6.27. The van der Waals surface area contributed by atoms with Crippen LogP contribution in [0.4, 0.5) is 0 Å². The highest BCUT2D eigenvalue weighted by atomic mass is 35.5. The van der Waals surface area contributed by atoms with Gasteiger partial charge in [0.1, 0.15) is 5.75 Å². The molecule has 3 rings (SSSR count). The zero-order valence-electron chi connectivity index (χ0n) is 11.1. The van der Waals surface area contributed by atoms with Crippen molar-refractivity contribution in [1.29, 1.82) is 0 Å². The maximum Gasteiger partial charge on any atom is 0.122 e. The van der Waals surface area contributed by atoms with Crippen LogP contribution in [0.5, 0.6) is 5.75 Å². The van der Waals surface area contributed by atoms with Crippen molar-refractivity contribution >= 4 is 11.6 Å². The molecule has 0 amide bonds. The van der Waals surface area contributed by atoms with Crippen molar-refractivity contribution in [2.45, 2.75) is 32.1 Å². The molecule has 1 aromatic carbocycles. The summed E-state index contributed by atoms with van der Waals surface area (Å²) in [6.07, 6.45) is 3.87. The number of aryl methyl sites for hydroxylation is 1. The van der Waals surface area contributed by atoms with Crippen molar-refractivity contribution in [3.05, 3.63) is 28.3 Å². The number of ether oxygens (including phenoxy) is 1. The maximum atomic E-state index is 6.27. The Bertz CT molecular complexity index is 468. The number of halogens is 1. The van der Waals surface area contributed by atoms with Crippen molar-refractivity contribution in [1.82, 2.24) is 5.32 Å². The molecular weight excluding hydrogens is 246 g/mol. The number of hydrogen-bond acceptors (Lipinski definition) is 2. The summed E-state index contributed by atoms with van der Waals surface area (Å²) < 4.78 is 5.54. The number of nitrogens with one attached hydrogen (secondary N) is 1. The summed E-state index contributed by atoms with van der Waals surface area (Å²) in [6, 6.07) is 4.19. The smallest absolute Gasteiger partial charge is 0.122 e. The van der Waals surface area contributed by atoms with Gasteiger partial charge >= 0.3 is 0 Å². The molecule has 3 heteroatoms. The second-order valence-corrected chi connectivity index (χ2v) is 6.29. The van der Waals surface area contributed by atoms with E-state index in [1.165, 1.54) is 37.9 Å². The van der Waals surface area contributed by atoms with Crippen molar-refractivity contribution in [2.75, 3.05) is 20.2 Å². The predicted octanol–water partition coefficient (Wildman–Crippen LogP) is 3.51. The molecule has 1 atom stereocenters. The third-order valence-electron chi connectivity index (χ3n) is 4.65. The van der Waals surface area contributed by atoms with Gasteiger partial charge in [-0.1, -0.05) is 11.6 Å². The van der Waals surface area contributed by atoms with Crippen LogP contribution in [0.2, 0.25) is 5.02 Å². The molecule has 1 N–H and O–H groups in total. The van der Waals surface area contributed by atoms with Crippen LogP contribution in [0.3, 0.4) is 0 Å². The van der Waals surface area contributed by atoms with E-state index in [4.69, 9.17) is 16.3 Å². The fourth-order valence-electron chi connectivity index (χ4n) is 3.44. The molecule has 1 saturated heterocycles. The molecule has 0 aromatic heterocycles. The summed E-state index contributed by atoms with van der Waals surface area (Å²) in [5, 5.41) is 4.27.